The van der Waals surface area contributed by atoms with Crippen LogP contribution in [0.5, 0.6) is 0 Å². The van der Waals surface area contributed by atoms with Gasteiger partial charge in [0.2, 0.25) is 0 Å². The van der Waals surface area contributed by atoms with Crippen LogP contribution in [0.3, 0.4) is 0 Å². The Morgan fingerprint density at radius 2 is 1.65 bits per heavy atom. The van der Waals surface area contributed by atoms with Gasteiger partial charge in [0.15, 0.2) is 0 Å². The van der Waals surface area contributed by atoms with Gasteiger partial charge in [0.1, 0.15) is 0 Å². The summed E-state index contributed by atoms with van der Waals surface area (Å²) in [6.07, 6.45) is 5.90. The fourth-order valence-electron chi connectivity index (χ4n) is 1.85. The van der Waals surface area contributed by atoms with Gasteiger partial charge in [0.05, 0.1) is 0 Å². The van der Waals surface area contributed by atoms with Crippen LogP contribution in [0.2, 0.25) is 0 Å². The zero-order valence-corrected chi connectivity index (χ0v) is 18.5. The van der Waals surface area contributed by atoms with E-state index in [1.807, 2.05) is 34.3 Å². The van der Waals surface area contributed by atoms with E-state index in [1.165, 1.54) is 19.3 Å². The van der Waals surface area contributed by atoms with Crippen LogP contribution in [0.25, 0.3) is 0 Å². The molecule has 0 aliphatic carbocycles. The number of rotatable bonds is 8. The van der Waals surface area contributed by atoms with Crippen LogP contribution in [-0.2, 0) is 9.47 Å². The van der Waals surface area contributed by atoms with Crippen LogP contribution < -0.4 is 5.32 Å². The minimum atomic E-state index is 0. The molecule has 0 spiro atoms. The molecule has 1 saturated heterocycles. The minimum Gasteiger partial charge on any atom is -0.554 e. The Morgan fingerprint density at radius 3 is 2.20 bits per heavy atom. The quantitative estimate of drug-likeness (QED) is 0.394. The van der Waals surface area contributed by atoms with Crippen LogP contribution >= 0.6 is 0 Å². The van der Waals surface area contributed by atoms with Gasteiger partial charge >= 0.3 is 0 Å². The maximum Gasteiger partial charge on any atom is 0.0495 e. The maximum atomic E-state index is 5.67. The first-order chi connectivity index (χ1) is 9.43. The summed E-state index contributed by atoms with van der Waals surface area (Å²) in [7, 11) is 1.70. The van der Waals surface area contributed by atoms with Crippen molar-refractivity contribution in [2.24, 2.45) is 5.92 Å². The summed E-state index contributed by atoms with van der Waals surface area (Å²) in [5.74, 6) is 0.789. The van der Waals surface area contributed by atoms with Gasteiger partial charge in [-0.2, -0.15) is 6.42 Å². The van der Waals surface area contributed by atoms with E-state index in [0.717, 1.165) is 45.1 Å². The van der Waals surface area contributed by atoms with Crippen LogP contribution in [0.1, 0.15) is 59.8 Å². The van der Waals surface area contributed by atoms with Crippen molar-refractivity contribution in [1.82, 2.24) is 5.32 Å². The molecule has 122 valence electrons. The van der Waals surface area contributed by atoms with E-state index < -0.39 is 0 Å². The monoisotopic (exact) mass is 512 g/mol. The van der Waals surface area contributed by atoms with Crippen LogP contribution in [-0.4, -0.2) is 33.4 Å². The fraction of sp³-hybridized carbons (Fsp3) is 0.938. The second-order valence-corrected chi connectivity index (χ2v) is 4.17. The Labute approximate surface area is 151 Å². The molecule has 0 aromatic heterocycles. The van der Waals surface area contributed by atoms with Crippen LogP contribution in [0, 0.1) is 43.6 Å². The number of methoxy groups -OCH3 is 1. The van der Waals surface area contributed by atoms with Crippen molar-refractivity contribution in [3.8, 4) is 0 Å². The number of nitrogens with one attached hydrogen (secondary N) is 1. The third kappa shape index (κ3) is 18.9. The fourth-order valence-corrected chi connectivity index (χ4v) is 1.85. The summed E-state index contributed by atoms with van der Waals surface area (Å²) in [4.78, 5) is 0. The third-order valence-electron chi connectivity index (χ3n) is 2.84. The van der Waals surface area contributed by atoms with Crippen LogP contribution in [0.4, 0.5) is 0 Å². The molecule has 4 heteroatoms. The molecule has 0 aromatic rings. The Hall–Kier alpha value is 0.932. The van der Waals surface area contributed by atoms with Crippen molar-refractivity contribution in [2.75, 3.05) is 33.4 Å². The maximum absolute atomic E-state index is 5.67. The molecule has 1 aliphatic heterocycles. The van der Waals surface area contributed by atoms with Gasteiger partial charge in [0.25, 0.3) is 0 Å². The first-order valence-corrected chi connectivity index (χ1v) is 8.06. The molecular weight excluding hydrogens is 476 g/mol. The molecule has 1 fully saturated rings. The van der Waals surface area contributed by atoms with Crippen molar-refractivity contribution < 1.29 is 40.6 Å². The third-order valence-corrected chi connectivity index (χ3v) is 2.84. The van der Waals surface area contributed by atoms with E-state index in [0.29, 0.717) is 0 Å². The summed E-state index contributed by atoms with van der Waals surface area (Å²) in [6, 6.07) is 0. The van der Waals surface area contributed by atoms with Crippen molar-refractivity contribution in [3.63, 3.8) is 0 Å². The average Bonchev–Trinajstić information content (AvgIpc) is 2.51. The first-order valence-electron chi connectivity index (χ1n) is 8.06. The Balaban J connectivity index is -0.000000529. The van der Waals surface area contributed by atoms with Crippen molar-refractivity contribution >= 4 is 0 Å². The van der Waals surface area contributed by atoms with E-state index in [9.17, 15) is 0 Å². The summed E-state index contributed by atoms with van der Waals surface area (Å²) < 4.78 is 10.5. The second-order valence-electron chi connectivity index (χ2n) is 4.17. The predicted molar refractivity (Wildman–Crippen MR) is 84.3 cm³/mol. The molecule has 0 amide bonds. The molecule has 0 aromatic carbocycles. The number of hydrogen-bond acceptors (Lipinski definition) is 3. The summed E-state index contributed by atoms with van der Waals surface area (Å²) in [5.41, 5.74) is 0. The van der Waals surface area contributed by atoms with Gasteiger partial charge in [-0.05, 0) is 45.4 Å². The number of piperidine rings is 1. The van der Waals surface area contributed by atoms with E-state index >= 15 is 0 Å². The normalized spacial score (nSPS) is 14.2. The molecule has 0 unspecified atom stereocenters. The minimum absolute atomic E-state index is 0. The Bertz CT molecular complexity index is 142. The SMILES string of the molecule is CC.CC.CO[CH-]CCCCOCC1CCNCC1.[U]. The van der Waals surface area contributed by atoms with Crippen molar-refractivity contribution in [3.05, 3.63) is 6.61 Å². The van der Waals surface area contributed by atoms with Crippen LogP contribution in [0.15, 0.2) is 0 Å². The standard InChI is InChI=1S/C12H24NO2.2C2H6.U/c1-14-9-3-2-4-10-15-11-12-5-7-13-8-6-12;2*1-2;/h9,12-13H,2-8,10-11H2,1H3;2*1-2H3;/q-1;;;. The molecule has 1 aliphatic rings. The van der Waals surface area contributed by atoms with Crippen molar-refractivity contribution in [1.29, 1.82) is 0 Å². The Morgan fingerprint density at radius 1 is 1.05 bits per heavy atom. The van der Waals surface area contributed by atoms with E-state index in [-0.39, 0.29) is 31.1 Å². The van der Waals surface area contributed by atoms with E-state index in [1.54, 1.807) is 7.11 Å². The number of hydrogen-bond donors (Lipinski definition) is 1. The molecule has 3 nitrogen and oxygen atoms in total. The van der Waals surface area contributed by atoms with Gasteiger partial charge in [0, 0.05) is 44.3 Å². The molecule has 1 heterocycles. The van der Waals surface area contributed by atoms with Gasteiger partial charge in [-0.25, -0.2) is 6.61 Å². The summed E-state index contributed by atoms with van der Waals surface area (Å²) in [5, 5.41) is 3.37. The second kappa shape index (κ2) is 24.9. The zero-order chi connectivity index (χ0) is 14.8. The molecular formula is C16H36NO2U-. The van der Waals surface area contributed by atoms with Crippen molar-refractivity contribution in [2.45, 2.75) is 59.8 Å². The zero-order valence-electron chi connectivity index (χ0n) is 14.3. The van der Waals surface area contributed by atoms with E-state index in [2.05, 4.69) is 5.32 Å². The number of ether oxygens (including phenoxy) is 2. The molecule has 20 heavy (non-hydrogen) atoms. The smallest absolute Gasteiger partial charge is 0.0495 e. The summed E-state index contributed by atoms with van der Waals surface area (Å²) >= 11 is 0. The molecule has 0 saturated carbocycles. The molecule has 0 atom stereocenters. The molecule has 0 radical (unpaired) electrons. The van der Waals surface area contributed by atoms with E-state index in [4.69, 9.17) is 9.47 Å². The van der Waals surface area contributed by atoms with Gasteiger partial charge < -0.3 is 14.8 Å². The molecule has 0 bridgehead atoms. The molecule has 1 N–H and O–H groups in total. The van der Waals surface area contributed by atoms with Gasteiger partial charge in [-0.15, -0.1) is 0 Å². The predicted octanol–water partition coefficient (Wildman–Crippen LogP) is 4.03. The first kappa shape index (κ1) is 25.9. The van der Waals surface area contributed by atoms with Gasteiger partial charge in [-0.3, -0.25) is 0 Å². The topological polar surface area (TPSA) is 30.5 Å². The number of unbranched alkanes of at least 4 members (excludes halogenated alkanes) is 2. The summed E-state index contributed by atoms with van der Waals surface area (Å²) in [6.45, 7) is 14.0. The van der Waals surface area contributed by atoms with Gasteiger partial charge in [-0.1, -0.05) is 34.1 Å². The largest absolute Gasteiger partial charge is 0.554 e. The molecule has 1 rings (SSSR count). The Kier molecular flexibility index (Phi) is 32.2. The average molecular weight is 512 g/mol.